The van der Waals surface area contributed by atoms with Crippen LogP contribution in [0.2, 0.25) is 0 Å². The molecule has 3 heterocycles. The van der Waals surface area contributed by atoms with Crippen LogP contribution in [0.15, 0.2) is 54.7 Å². The monoisotopic (exact) mass is 312 g/mol. The van der Waals surface area contributed by atoms with Crippen LogP contribution in [0.4, 0.5) is 0 Å². The van der Waals surface area contributed by atoms with Crippen molar-refractivity contribution in [2.75, 3.05) is 0 Å². The molecule has 0 saturated carbocycles. The van der Waals surface area contributed by atoms with Gasteiger partial charge in [0.25, 0.3) is 5.65 Å². The number of aromatic nitrogens is 3. The number of fused-ring (bicyclic) bond motifs is 8. The molecule has 0 bridgehead atoms. The van der Waals surface area contributed by atoms with Gasteiger partial charge in [-0.3, -0.25) is 4.98 Å². The molecule has 0 aliphatic rings. The summed E-state index contributed by atoms with van der Waals surface area (Å²) in [4.78, 5) is 4.73. The van der Waals surface area contributed by atoms with Crippen LogP contribution in [0.3, 0.4) is 0 Å². The topological polar surface area (TPSA) is 21.2 Å². The molecule has 3 aromatic heterocycles. The van der Waals surface area contributed by atoms with E-state index in [9.17, 15) is 0 Å². The third-order valence-corrected chi connectivity index (χ3v) is 5.05. The number of para-hydroxylation sites is 2. The zero-order chi connectivity index (χ0) is 16.4. The molecular formula is C21H18N3+. The van der Waals surface area contributed by atoms with Gasteiger partial charge in [-0.25, -0.2) is 4.57 Å². The van der Waals surface area contributed by atoms with Gasteiger partial charge in [0.05, 0.1) is 18.0 Å². The van der Waals surface area contributed by atoms with Crippen LogP contribution in [0.1, 0.15) is 11.1 Å². The number of aryl methyl sites for hydroxylation is 3. The second-order valence-corrected chi connectivity index (χ2v) is 6.58. The van der Waals surface area contributed by atoms with E-state index in [1.54, 1.807) is 0 Å². The summed E-state index contributed by atoms with van der Waals surface area (Å²) < 4.78 is 4.67. The van der Waals surface area contributed by atoms with Crippen molar-refractivity contribution in [3.8, 4) is 0 Å². The lowest BCUT2D eigenvalue weighted by atomic mass is 10.1. The molecule has 0 fully saturated rings. The highest BCUT2D eigenvalue weighted by atomic mass is 15.1. The van der Waals surface area contributed by atoms with Crippen molar-refractivity contribution in [3.63, 3.8) is 0 Å². The first kappa shape index (κ1) is 13.5. The maximum absolute atomic E-state index is 4.73. The Morgan fingerprint density at radius 2 is 1.79 bits per heavy atom. The lowest BCUT2D eigenvalue weighted by Crippen LogP contribution is -2.27. The SMILES string of the molecule is Cc1ccc2c3nccc(C)c3c3n(c2c1)c1ccccc1[n+]3C. The van der Waals surface area contributed by atoms with Crippen LogP contribution in [0, 0.1) is 13.8 Å². The predicted octanol–water partition coefficient (Wildman–Crippen LogP) is 4.24. The summed E-state index contributed by atoms with van der Waals surface area (Å²) in [5, 5.41) is 2.43. The Balaban J connectivity index is 2.28. The van der Waals surface area contributed by atoms with E-state index in [0.29, 0.717) is 0 Å². The van der Waals surface area contributed by atoms with Gasteiger partial charge in [0.2, 0.25) is 0 Å². The average molecular weight is 312 g/mol. The first-order valence-corrected chi connectivity index (χ1v) is 8.23. The third-order valence-electron chi connectivity index (χ3n) is 5.05. The normalized spacial score (nSPS) is 12.0. The smallest absolute Gasteiger partial charge is 0.255 e. The Hall–Kier alpha value is -2.94. The number of pyridine rings is 2. The van der Waals surface area contributed by atoms with E-state index in [1.165, 1.54) is 44.1 Å². The number of rotatable bonds is 0. The van der Waals surface area contributed by atoms with Gasteiger partial charge in [-0.1, -0.05) is 18.2 Å². The van der Waals surface area contributed by atoms with Gasteiger partial charge in [-0.2, -0.15) is 4.40 Å². The average Bonchev–Trinajstić information content (AvgIpc) is 2.89. The fraction of sp³-hybridized carbons (Fsp3) is 0.143. The van der Waals surface area contributed by atoms with Crippen LogP contribution >= 0.6 is 0 Å². The quantitative estimate of drug-likeness (QED) is 0.309. The minimum absolute atomic E-state index is 1.08. The predicted molar refractivity (Wildman–Crippen MR) is 98.4 cm³/mol. The van der Waals surface area contributed by atoms with E-state index >= 15 is 0 Å². The fourth-order valence-corrected chi connectivity index (χ4v) is 3.91. The van der Waals surface area contributed by atoms with Gasteiger partial charge in [0.1, 0.15) is 5.52 Å². The molecule has 0 N–H and O–H groups in total. The van der Waals surface area contributed by atoms with Gasteiger partial charge in [-0.05, 0) is 55.3 Å². The minimum Gasteiger partial charge on any atom is -0.255 e. The van der Waals surface area contributed by atoms with E-state index in [-0.39, 0.29) is 0 Å². The summed E-state index contributed by atoms with van der Waals surface area (Å²) in [6.07, 6.45) is 1.91. The van der Waals surface area contributed by atoms with E-state index in [0.717, 1.165) is 5.52 Å². The third kappa shape index (κ3) is 1.56. The first-order chi connectivity index (χ1) is 11.7. The number of hydrogen-bond donors (Lipinski definition) is 0. The molecule has 5 aromatic rings. The molecule has 0 unspecified atom stereocenters. The molecule has 0 radical (unpaired) electrons. The largest absolute Gasteiger partial charge is 0.297 e. The Morgan fingerprint density at radius 1 is 0.958 bits per heavy atom. The lowest BCUT2D eigenvalue weighted by molar-refractivity contribution is -0.617. The Labute approximate surface area is 139 Å². The molecule has 24 heavy (non-hydrogen) atoms. The van der Waals surface area contributed by atoms with Crippen LogP contribution in [-0.4, -0.2) is 9.38 Å². The Bertz CT molecular complexity index is 1280. The number of imidazole rings is 1. The zero-order valence-corrected chi connectivity index (χ0v) is 14.0. The summed E-state index contributed by atoms with van der Waals surface area (Å²) in [5.74, 6) is 0. The standard InChI is InChI=1S/C21H18N3/c1-13-8-9-15-18(12-13)24-17-7-5-4-6-16(17)23(3)21(24)19-14(2)10-11-22-20(15)19/h4-12H,1-3H3/q+1. The number of nitrogens with zero attached hydrogens (tertiary/aromatic N) is 3. The van der Waals surface area contributed by atoms with Crippen molar-refractivity contribution in [2.24, 2.45) is 7.05 Å². The van der Waals surface area contributed by atoms with Crippen LogP contribution in [0.5, 0.6) is 0 Å². The molecule has 0 aliphatic heterocycles. The minimum atomic E-state index is 1.08. The molecule has 0 saturated heterocycles. The second-order valence-electron chi connectivity index (χ2n) is 6.58. The highest BCUT2D eigenvalue weighted by Crippen LogP contribution is 2.32. The zero-order valence-electron chi connectivity index (χ0n) is 14.0. The summed E-state index contributed by atoms with van der Waals surface area (Å²) in [5.41, 5.74) is 8.48. The van der Waals surface area contributed by atoms with Gasteiger partial charge < -0.3 is 0 Å². The van der Waals surface area contributed by atoms with Crippen LogP contribution < -0.4 is 4.57 Å². The molecule has 2 aromatic carbocycles. The maximum Gasteiger partial charge on any atom is 0.297 e. The first-order valence-electron chi connectivity index (χ1n) is 8.23. The summed E-state index contributed by atoms with van der Waals surface area (Å²) in [7, 11) is 2.14. The maximum atomic E-state index is 4.73. The summed E-state index contributed by atoms with van der Waals surface area (Å²) >= 11 is 0. The fourth-order valence-electron chi connectivity index (χ4n) is 3.91. The summed E-state index contributed by atoms with van der Waals surface area (Å²) in [6.45, 7) is 4.31. The Kier molecular flexibility index (Phi) is 2.55. The second kappa shape index (κ2) is 4.54. The molecule has 116 valence electrons. The van der Waals surface area contributed by atoms with E-state index in [1.807, 2.05) is 6.20 Å². The molecule has 3 heteroatoms. The molecule has 0 spiro atoms. The van der Waals surface area contributed by atoms with E-state index < -0.39 is 0 Å². The van der Waals surface area contributed by atoms with Crippen LogP contribution in [0.25, 0.3) is 38.5 Å². The molecule has 5 rings (SSSR count). The molecule has 3 nitrogen and oxygen atoms in total. The van der Waals surface area contributed by atoms with Crippen molar-refractivity contribution >= 4 is 38.5 Å². The Morgan fingerprint density at radius 3 is 2.67 bits per heavy atom. The molecule has 0 aliphatic carbocycles. The number of benzene rings is 2. The van der Waals surface area contributed by atoms with Crippen molar-refractivity contribution in [3.05, 3.63) is 65.9 Å². The van der Waals surface area contributed by atoms with Crippen molar-refractivity contribution in [2.45, 2.75) is 13.8 Å². The molecule has 0 amide bonds. The van der Waals surface area contributed by atoms with Crippen molar-refractivity contribution in [1.82, 2.24) is 9.38 Å². The number of hydrogen-bond acceptors (Lipinski definition) is 1. The van der Waals surface area contributed by atoms with Crippen LogP contribution in [-0.2, 0) is 7.05 Å². The van der Waals surface area contributed by atoms with Crippen molar-refractivity contribution < 1.29 is 4.57 Å². The van der Waals surface area contributed by atoms with E-state index in [2.05, 4.69) is 78.4 Å². The van der Waals surface area contributed by atoms with Gasteiger partial charge >= 0.3 is 0 Å². The molecule has 0 atom stereocenters. The molecular weight excluding hydrogens is 294 g/mol. The van der Waals surface area contributed by atoms with Gasteiger partial charge in [-0.15, -0.1) is 0 Å². The highest BCUT2D eigenvalue weighted by Gasteiger charge is 2.24. The summed E-state index contributed by atoms with van der Waals surface area (Å²) in [6, 6.07) is 17.3. The van der Waals surface area contributed by atoms with Gasteiger partial charge in [0, 0.05) is 11.6 Å². The highest BCUT2D eigenvalue weighted by molar-refractivity contribution is 6.11. The lowest BCUT2D eigenvalue weighted by Gasteiger charge is -2.06. The van der Waals surface area contributed by atoms with E-state index in [4.69, 9.17) is 4.98 Å². The van der Waals surface area contributed by atoms with Gasteiger partial charge in [0.15, 0.2) is 11.0 Å². The van der Waals surface area contributed by atoms with Crippen molar-refractivity contribution in [1.29, 1.82) is 0 Å².